The lowest BCUT2D eigenvalue weighted by atomic mass is 9.89. The minimum absolute atomic E-state index is 0.0426. The van der Waals surface area contributed by atoms with Gasteiger partial charge in [-0.25, -0.2) is 0 Å². The third-order valence-electron chi connectivity index (χ3n) is 6.83. The van der Waals surface area contributed by atoms with Gasteiger partial charge in [-0.15, -0.1) is 10.1 Å². The number of esters is 1. The van der Waals surface area contributed by atoms with Crippen LogP contribution in [0.15, 0.2) is 48.6 Å². The maximum absolute atomic E-state index is 12.9. The standard InChI is InChI=1S/C29H39F3N2O10/c30-29(31,32)20-8-7-9-22(16-20)43-19-21(35)12-13-24-23(25(36)17-26(24)37)10-3-1-2-4-11-27(38)33-18-28(39)42-14-5-6-15-44-34(40)41/h1,3,7-9,12-13,16,21,23-26,35-37H,2,4-6,10-11,14-15,17-19H2,(H,33,38)/b3-1-,13-12+/t21-,23-,24-,25+,26-/m1/s1. The summed E-state index contributed by atoms with van der Waals surface area (Å²) < 4.78 is 48.8. The van der Waals surface area contributed by atoms with Gasteiger partial charge >= 0.3 is 12.1 Å². The minimum Gasteiger partial charge on any atom is -0.491 e. The maximum Gasteiger partial charge on any atom is 0.416 e. The second-order valence-electron chi connectivity index (χ2n) is 10.3. The number of nitrogens with zero attached hydrogens (tertiary/aromatic N) is 1. The Hall–Kier alpha value is -3.69. The molecule has 5 atom stereocenters. The normalized spacial score (nSPS) is 21.0. The molecule has 0 aliphatic heterocycles. The molecular formula is C29H39F3N2O10. The summed E-state index contributed by atoms with van der Waals surface area (Å²) in [5, 5.41) is 42.6. The van der Waals surface area contributed by atoms with Gasteiger partial charge in [-0.3, -0.25) is 9.59 Å². The van der Waals surface area contributed by atoms with E-state index in [1.807, 2.05) is 12.2 Å². The number of allylic oxidation sites excluding steroid dienone is 2. The molecule has 1 aliphatic rings. The molecule has 1 saturated carbocycles. The van der Waals surface area contributed by atoms with E-state index >= 15 is 0 Å². The number of ether oxygens (including phenoxy) is 2. The molecule has 1 aromatic rings. The molecule has 246 valence electrons. The Bertz CT molecular complexity index is 1120. The van der Waals surface area contributed by atoms with Gasteiger partial charge in [0.25, 0.3) is 5.09 Å². The van der Waals surface area contributed by atoms with E-state index in [1.54, 1.807) is 6.08 Å². The van der Waals surface area contributed by atoms with Crippen molar-refractivity contribution >= 4 is 11.9 Å². The van der Waals surface area contributed by atoms with Crippen molar-refractivity contribution in [2.45, 2.75) is 69.4 Å². The summed E-state index contributed by atoms with van der Waals surface area (Å²) >= 11 is 0. The molecule has 0 spiro atoms. The number of carbonyl (C=O) groups is 2. The summed E-state index contributed by atoms with van der Waals surface area (Å²) in [6, 6.07) is 4.31. The fourth-order valence-corrected chi connectivity index (χ4v) is 4.55. The molecular weight excluding hydrogens is 593 g/mol. The highest BCUT2D eigenvalue weighted by Gasteiger charge is 2.39. The second kappa shape index (κ2) is 18.9. The number of unbranched alkanes of at least 4 members (excludes halogenated alkanes) is 2. The first-order valence-corrected chi connectivity index (χ1v) is 14.2. The Morgan fingerprint density at radius 1 is 1.14 bits per heavy atom. The highest BCUT2D eigenvalue weighted by atomic mass is 19.4. The minimum atomic E-state index is -4.52. The molecule has 4 N–H and O–H groups in total. The van der Waals surface area contributed by atoms with Crippen LogP contribution < -0.4 is 10.1 Å². The van der Waals surface area contributed by atoms with Crippen LogP contribution in [0.2, 0.25) is 0 Å². The number of amides is 1. The SMILES string of the molecule is O=C(CCC/C=C\C[C@@H]1[C@@H](/C=C/[C@@H](O)COc2cccc(C(F)(F)F)c2)[C@H](O)C[C@@H]1O)NCC(=O)OCCCCO[N+](=O)[O-]. The molecule has 0 aromatic heterocycles. The summed E-state index contributed by atoms with van der Waals surface area (Å²) in [5.74, 6) is -1.78. The fraction of sp³-hybridized carbons (Fsp3) is 0.586. The molecule has 2 rings (SSSR count). The number of hydrogen-bond donors (Lipinski definition) is 4. The molecule has 1 aromatic carbocycles. The van der Waals surface area contributed by atoms with Crippen molar-refractivity contribution in [3.8, 4) is 5.75 Å². The number of hydrogen-bond acceptors (Lipinski definition) is 10. The summed E-state index contributed by atoms with van der Waals surface area (Å²) in [4.78, 5) is 37.7. The molecule has 1 amide bonds. The Balaban J connectivity index is 1.66. The molecule has 15 heteroatoms. The van der Waals surface area contributed by atoms with Crippen molar-refractivity contribution in [1.29, 1.82) is 0 Å². The number of rotatable bonds is 19. The highest BCUT2D eigenvalue weighted by Crippen LogP contribution is 2.36. The number of aliphatic hydroxyl groups is 3. The molecule has 0 heterocycles. The Kier molecular flexibility index (Phi) is 15.6. The van der Waals surface area contributed by atoms with Gasteiger partial charge in [0.2, 0.25) is 5.91 Å². The maximum atomic E-state index is 12.9. The number of nitrogens with one attached hydrogen (secondary N) is 1. The first kappa shape index (κ1) is 36.5. The van der Waals surface area contributed by atoms with Crippen molar-refractivity contribution in [3.05, 3.63) is 64.2 Å². The van der Waals surface area contributed by atoms with Gasteiger partial charge in [0.1, 0.15) is 25.0 Å². The lowest BCUT2D eigenvalue weighted by molar-refractivity contribution is -0.757. The van der Waals surface area contributed by atoms with Gasteiger partial charge in [0.15, 0.2) is 0 Å². The van der Waals surface area contributed by atoms with E-state index < -0.39 is 47.0 Å². The van der Waals surface area contributed by atoms with Gasteiger partial charge in [0.05, 0.1) is 31.0 Å². The predicted molar refractivity (Wildman–Crippen MR) is 149 cm³/mol. The molecule has 0 saturated heterocycles. The van der Waals surface area contributed by atoms with E-state index in [-0.39, 0.29) is 56.8 Å². The van der Waals surface area contributed by atoms with Crippen LogP contribution in [0, 0.1) is 22.0 Å². The summed E-state index contributed by atoms with van der Waals surface area (Å²) in [7, 11) is 0. The van der Waals surface area contributed by atoms with E-state index in [2.05, 4.69) is 10.2 Å². The number of aliphatic hydroxyl groups excluding tert-OH is 3. The molecule has 1 fully saturated rings. The fourth-order valence-electron chi connectivity index (χ4n) is 4.55. The van der Waals surface area contributed by atoms with E-state index in [0.29, 0.717) is 32.1 Å². The smallest absolute Gasteiger partial charge is 0.416 e. The first-order chi connectivity index (χ1) is 20.9. The van der Waals surface area contributed by atoms with E-state index in [4.69, 9.17) is 9.47 Å². The monoisotopic (exact) mass is 632 g/mol. The van der Waals surface area contributed by atoms with E-state index in [9.17, 15) is 48.2 Å². The van der Waals surface area contributed by atoms with E-state index in [0.717, 1.165) is 12.1 Å². The number of halogens is 3. The average Bonchev–Trinajstić information content (AvgIpc) is 3.24. The molecule has 1 aliphatic carbocycles. The van der Waals surface area contributed by atoms with Gasteiger partial charge in [0, 0.05) is 18.8 Å². The highest BCUT2D eigenvalue weighted by molar-refractivity contribution is 5.81. The summed E-state index contributed by atoms with van der Waals surface area (Å²) in [5.41, 5.74) is -0.866. The molecule has 0 unspecified atom stereocenters. The predicted octanol–water partition coefficient (Wildman–Crippen LogP) is 3.12. The third-order valence-corrected chi connectivity index (χ3v) is 6.83. The van der Waals surface area contributed by atoms with Crippen LogP contribution in [0.3, 0.4) is 0 Å². The first-order valence-electron chi connectivity index (χ1n) is 14.2. The van der Waals surface area contributed by atoms with Crippen molar-refractivity contribution in [2.75, 3.05) is 26.4 Å². The zero-order valence-electron chi connectivity index (χ0n) is 24.1. The summed E-state index contributed by atoms with van der Waals surface area (Å²) in [6.07, 6.45) is 1.93. The average molecular weight is 633 g/mol. The molecule has 44 heavy (non-hydrogen) atoms. The van der Waals surface area contributed by atoms with E-state index in [1.165, 1.54) is 18.2 Å². The molecule has 0 radical (unpaired) electrons. The van der Waals surface area contributed by atoms with Crippen LogP contribution in [-0.2, 0) is 25.3 Å². The van der Waals surface area contributed by atoms with Crippen molar-refractivity contribution < 1.29 is 57.5 Å². The number of benzene rings is 1. The molecule has 0 bridgehead atoms. The Labute approximate surface area is 252 Å². The number of carbonyl (C=O) groups excluding carboxylic acids is 2. The van der Waals surface area contributed by atoms with Crippen molar-refractivity contribution in [2.24, 2.45) is 11.8 Å². The van der Waals surface area contributed by atoms with Crippen LogP contribution in [-0.4, -0.2) is 77.0 Å². The van der Waals surface area contributed by atoms with Gasteiger partial charge < -0.3 is 34.9 Å². The second-order valence-corrected chi connectivity index (χ2v) is 10.3. The van der Waals surface area contributed by atoms with Crippen molar-refractivity contribution in [3.63, 3.8) is 0 Å². The Morgan fingerprint density at radius 2 is 1.89 bits per heavy atom. The lowest BCUT2D eigenvalue weighted by Crippen LogP contribution is -2.30. The Morgan fingerprint density at radius 3 is 2.61 bits per heavy atom. The topological polar surface area (TPSA) is 178 Å². The van der Waals surface area contributed by atoms with Crippen LogP contribution in [0.1, 0.15) is 50.5 Å². The van der Waals surface area contributed by atoms with Crippen molar-refractivity contribution in [1.82, 2.24) is 5.32 Å². The van der Waals surface area contributed by atoms with Crippen LogP contribution >= 0.6 is 0 Å². The third kappa shape index (κ3) is 14.2. The van der Waals surface area contributed by atoms with Crippen LogP contribution in [0.4, 0.5) is 13.2 Å². The summed E-state index contributed by atoms with van der Waals surface area (Å²) in [6.45, 7) is -0.620. The quantitative estimate of drug-likeness (QED) is 0.0583. The zero-order valence-corrected chi connectivity index (χ0v) is 24.1. The largest absolute Gasteiger partial charge is 0.491 e. The van der Waals surface area contributed by atoms with Gasteiger partial charge in [-0.1, -0.05) is 30.4 Å². The van der Waals surface area contributed by atoms with Gasteiger partial charge in [-0.2, -0.15) is 13.2 Å². The lowest BCUT2D eigenvalue weighted by Gasteiger charge is -2.19. The molecule has 12 nitrogen and oxygen atoms in total. The number of alkyl halides is 3. The van der Waals surface area contributed by atoms with Gasteiger partial charge in [-0.05, 0) is 56.2 Å². The van der Waals surface area contributed by atoms with Crippen LogP contribution in [0.5, 0.6) is 5.75 Å². The van der Waals surface area contributed by atoms with Crippen LogP contribution in [0.25, 0.3) is 0 Å². The zero-order chi connectivity index (χ0) is 32.5.